The molecule has 168 valence electrons. The number of piperazine rings is 1. The Kier molecular flexibility index (Phi) is 5.93. The average molecular weight is 450 g/mol. The molecule has 3 aliphatic rings. The van der Waals surface area contributed by atoms with Gasteiger partial charge in [-0.3, -0.25) is 4.90 Å². The second-order valence-electron chi connectivity index (χ2n) is 7.56. The summed E-state index contributed by atoms with van der Waals surface area (Å²) in [5.41, 5.74) is 9.50. The van der Waals surface area contributed by atoms with E-state index >= 15 is 0 Å². The first-order valence-electron chi connectivity index (χ1n) is 9.64. The Morgan fingerprint density at radius 1 is 1.07 bits per heavy atom. The number of rotatable bonds is 4. The fraction of sp³-hybridized carbons (Fsp3) is 0.625. The summed E-state index contributed by atoms with van der Waals surface area (Å²) in [6, 6.07) is 2.38. The lowest BCUT2D eigenvalue weighted by atomic mass is 10.0. The number of benzene rings is 1. The second kappa shape index (κ2) is 8.20. The molecule has 4 rings (SSSR count). The van der Waals surface area contributed by atoms with Gasteiger partial charge in [-0.15, -0.1) is 0 Å². The van der Waals surface area contributed by atoms with Gasteiger partial charge in [-0.2, -0.15) is 24.2 Å². The van der Waals surface area contributed by atoms with Crippen molar-refractivity contribution in [1.29, 1.82) is 0 Å². The molecule has 0 aliphatic carbocycles. The third-order valence-electron chi connectivity index (χ3n) is 5.72. The van der Waals surface area contributed by atoms with Crippen LogP contribution in [-0.2, 0) is 16.2 Å². The molecular weight excluding hydrogens is 425 g/mol. The molecule has 3 aliphatic heterocycles. The number of primary sulfonamides is 1. The minimum atomic E-state index is -4.87. The minimum absolute atomic E-state index is 0.0641. The van der Waals surface area contributed by atoms with Crippen molar-refractivity contribution in [3.63, 3.8) is 0 Å². The number of hydrogen-bond donors (Lipinski definition) is 6. The highest BCUT2D eigenvalue weighted by Crippen LogP contribution is 2.42. The van der Waals surface area contributed by atoms with Gasteiger partial charge in [0.25, 0.3) is 0 Å². The van der Waals surface area contributed by atoms with Crippen LogP contribution in [0.5, 0.6) is 0 Å². The maximum Gasteiger partial charge on any atom is 0.417 e. The zero-order chi connectivity index (χ0) is 21.5. The smallest absolute Gasteiger partial charge is 0.370 e. The molecule has 0 bridgehead atoms. The summed E-state index contributed by atoms with van der Waals surface area (Å²) in [7, 11) is -4.67. The monoisotopic (exact) mass is 450 g/mol. The van der Waals surface area contributed by atoms with Gasteiger partial charge in [-0.05, 0) is 18.6 Å². The van der Waals surface area contributed by atoms with Gasteiger partial charge >= 0.3 is 6.18 Å². The second-order valence-corrected chi connectivity index (χ2v) is 9.06. The van der Waals surface area contributed by atoms with E-state index in [4.69, 9.17) is 5.14 Å². The van der Waals surface area contributed by atoms with Crippen LogP contribution in [0.15, 0.2) is 17.0 Å². The maximum atomic E-state index is 13.6. The van der Waals surface area contributed by atoms with Crippen molar-refractivity contribution in [2.45, 2.75) is 29.7 Å². The topological polar surface area (TPSA) is 127 Å². The maximum absolute atomic E-state index is 13.6. The number of alkyl halides is 3. The quantitative estimate of drug-likeness (QED) is 0.341. The summed E-state index contributed by atoms with van der Waals surface area (Å²) < 4.78 is 65.5. The lowest BCUT2D eigenvalue weighted by molar-refractivity contribution is -0.140. The number of nitrogens with zero attached hydrogens (tertiary/aromatic N) is 2. The van der Waals surface area contributed by atoms with E-state index in [-0.39, 0.29) is 11.6 Å². The molecule has 1 unspecified atom stereocenters. The van der Waals surface area contributed by atoms with E-state index in [1.54, 1.807) is 0 Å². The number of nitrogens with one attached hydrogen (secondary N) is 5. The number of hydrazine groups is 3. The van der Waals surface area contributed by atoms with Crippen LogP contribution in [0.3, 0.4) is 0 Å². The molecule has 1 atom stereocenters. The summed E-state index contributed by atoms with van der Waals surface area (Å²) in [4.78, 5) is 3.36. The van der Waals surface area contributed by atoms with E-state index < -0.39 is 32.8 Å². The summed E-state index contributed by atoms with van der Waals surface area (Å²) in [6.45, 7) is 4.79. The zero-order valence-electron chi connectivity index (χ0n) is 16.1. The standard InChI is InChI=1S/C16H25F3N8O2S/c17-16(18,19)11-1-2-12(13(14(11)30(20,28)29)15-22-24-25-23-15)27-6-3-10(9-27)26-7-4-21-5-8-26/h1-2,10,15,21-25H,3-9H2,(H2,20,28,29). The van der Waals surface area contributed by atoms with Crippen molar-refractivity contribution < 1.29 is 21.6 Å². The predicted molar refractivity (Wildman–Crippen MR) is 103 cm³/mol. The normalized spacial score (nSPS) is 24.7. The number of hydrogen-bond acceptors (Lipinski definition) is 9. The Labute approximate surface area is 172 Å². The highest BCUT2D eigenvalue weighted by molar-refractivity contribution is 7.89. The molecule has 0 spiro atoms. The van der Waals surface area contributed by atoms with Crippen molar-refractivity contribution in [3.05, 3.63) is 23.3 Å². The molecule has 10 nitrogen and oxygen atoms in total. The number of anilines is 1. The predicted octanol–water partition coefficient (Wildman–Crippen LogP) is -1.05. The van der Waals surface area contributed by atoms with Crippen molar-refractivity contribution in [2.75, 3.05) is 44.2 Å². The van der Waals surface area contributed by atoms with Gasteiger partial charge < -0.3 is 10.2 Å². The van der Waals surface area contributed by atoms with Crippen LogP contribution in [-0.4, -0.2) is 58.6 Å². The molecule has 0 saturated carbocycles. The van der Waals surface area contributed by atoms with E-state index in [0.717, 1.165) is 38.7 Å². The van der Waals surface area contributed by atoms with E-state index in [0.29, 0.717) is 18.8 Å². The highest BCUT2D eigenvalue weighted by atomic mass is 32.2. The van der Waals surface area contributed by atoms with E-state index in [1.807, 2.05) is 4.90 Å². The lowest BCUT2D eigenvalue weighted by Gasteiger charge is -2.33. The Hall–Kier alpha value is -1.52. The molecule has 0 radical (unpaired) electrons. The van der Waals surface area contributed by atoms with Crippen LogP contribution in [0.1, 0.15) is 23.7 Å². The van der Waals surface area contributed by atoms with Gasteiger partial charge in [0.05, 0.1) is 5.56 Å². The van der Waals surface area contributed by atoms with Crippen LogP contribution in [0.4, 0.5) is 18.9 Å². The first-order chi connectivity index (χ1) is 14.2. The van der Waals surface area contributed by atoms with Gasteiger partial charge in [-0.1, -0.05) is 0 Å². The van der Waals surface area contributed by atoms with Crippen molar-refractivity contribution in [2.24, 2.45) is 5.14 Å². The first kappa shape index (κ1) is 21.7. The molecule has 7 N–H and O–H groups in total. The van der Waals surface area contributed by atoms with Gasteiger partial charge in [0.2, 0.25) is 10.0 Å². The minimum Gasteiger partial charge on any atom is -0.370 e. The number of halogens is 3. The molecule has 3 saturated heterocycles. The largest absolute Gasteiger partial charge is 0.417 e. The van der Waals surface area contributed by atoms with Gasteiger partial charge in [0.1, 0.15) is 11.1 Å². The Morgan fingerprint density at radius 3 is 2.33 bits per heavy atom. The summed E-state index contributed by atoms with van der Waals surface area (Å²) >= 11 is 0. The van der Waals surface area contributed by atoms with Crippen molar-refractivity contribution in [3.8, 4) is 0 Å². The lowest BCUT2D eigenvalue weighted by Crippen LogP contribution is -2.49. The third-order valence-corrected chi connectivity index (χ3v) is 6.73. The van der Waals surface area contributed by atoms with E-state index in [9.17, 15) is 21.6 Å². The van der Waals surface area contributed by atoms with Gasteiger partial charge in [-0.25, -0.2) is 24.4 Å². The molecule has 30 heavy (non-hydrogen) atoms. The molecule has 0 amide bonds. The summed E-state index contributed by atoms with van der Waals surface area (Å²) in [6.07, 6.45) is -4.97. The fourth-order valence-electron chi connectivity index (χ4n) is 4.38. The van der Waals surface area contributed by atoms with Crippen LogP contribution in [0, 0.1) is 0 Å². The average Bonchev–Trinajstić information content (AvgIpc) is 3.38. The van der Waals surface area contributed by atoms with E-state index in [2.05, 4.69) is 32.1 Å². The first-order valence-corrected chi connectivity index (χ1v) is 11.2. The van der Waals surface area contributed by atoms with Crippen LogP contribution >= 0.6 is 0 Å². The van der Waals surface area contributed by atoms with Crippen LogP contribution in [0.2, 0.25) is 0 Å². The van der Waals surface area contributed by atoms with Gasteiger partial charge in [0.15, 0.2) is 0 Å². The molecule has 1 aromatic carbocycles. The molecule has 1 aromatic rings. The third kappa shape index (κ3) is 4.27. The summed E-state index contributed by atoms with van der Waals surface area (Å²) in [5, 5.41) is 8.58. The van der Waals surface area contributed by atoms with Crippen molar-refractivity contribution in [1.82, 2.24) is 32.1 Å². The van der Waals surface area contributed by atoms with Crippen molar-refractivity contribution >= 4 is 15.7 Å². The van der Waals surface area contributed by atoms with Gasteiger partial charge in [0, 0.05) is 56.6 Å². The van der Waals surface area contributed by atoms with Crippen LogP contribution in [0.25, 0.3) is 0 Å². The van der Waals surface area contributed by atoms with Crippen LogP contribution < -0.4 is 37.3 Å². The van der Waals surface area contributed by atoms with E-state index in [1.165, 1.54) is 6.07 Å². The molecule has 0 aromatic heterocycles. The Morgan fingerprint density at radius 2 is 1.73 bits per heavy atom. The Bertz CT molecular complexity index is 885. The summed E-state index contributed by atoms with van der Waals surface area (Å²) in [5.74, 6) is 0. The number of sulfonamides is 1. The fourth-order valence-corrected chi connectivity index (χ4v) is 5.40. The molecule has 3 heterocycles. The molecule has 3 fully saturated rings. The SMILES string of the molecule is NS(=O)(=O)c1c(C(F)(F)F)ccc(N2CCC(N3CCNCC3)C2)c1C1NNNN1. The highest BCUT2D eigenvalue weighted by Gasteiger charge is 2.42. The zero-order valence-corrected chi connectivity index (χ0v) is 16.9. The molecule has 14 heteroatoms. The molecular formula is C16H25F3N8O2S. The number of nitrogens with two attached hydrogens (primary N) is 1. The Balaban J connectivity index is 1.76.